The highest BCUT2D eigenvalue weighted by Crippen LogP contribution is 2.17. The van der Waals surface area contributed by atoms with Crippen molar-refractivity contribution in [3.8, 4) is 0 Å². The second-order valence-corrected chi connectivity index (χ2v) is 6.68. The lowest BCUT2D eigenvalue weighted by atomic mass is 10.4. The summed E-state index contributed by atoms with van der Waals surface area (Å²) in [6.07, 6.45) is 1.51. The summed E-state index contributed by atoms with van der Waals surface area (Å²) in [7, 11) is -0.565. The highest BCUT2D eigenvalue weighted by Gasteiger charge is 2.38. The molecule has 1 unspecified atom stereocenters. The molecule has 0 heterocycles. The minimum atomic E-state index is -2.30. The van der Waals surface area contributed by atoms with Crippen molar-refractivity contribution in [2.45, 2.75) is 59.7 Å². The maximum Gasteiger partial charge on any atom is 0.500 e. The molecule has 118 valence electrons. The molecule has 0 aromatic rings. The van der Waals surface area contributed by atoms with E-state index < -0.39 is 8.80 Å². The summed E-state index contributed by atoms with van der Waals surface area (Å²) in [6.45, 7) is 12.0. The van der Waals surface area contributed by atoms with Gasteiger partial charge in [-0.15, -0.1) is 0 Å². The number of hydrogen-bond donors (Lipinski definition) is 2. The number of nitrogens with one attached hydrogen (secondary N) is 1. The van der Waals surface area contributed by atoms with E-state index in [1.54, 1.807) is 7.05 Å². The van der Waals surface area contributed by atoms with Gasteiger partial charge in [-0.05, 0) is 34.2 Å². The third kappa shape index (κ3) is 11.5. The Kier molecular flexibility index (Phi) is 16.2. The zero-order valence-electron chi connectivity index (χ0n) is 13.5. The van der Waals surface area contributed by atoms with Gasteiger partial charge >= 0.3 is 8.80 Å². The van der Waals surface area contributed by atoms with Crippen molar-refractivity contribution in [2.24, 2.45) is 0 Å². The van der Waals surface area contributed by atoms with Gasteiger partial charge in [0.15, 0.2) is 0 Å². The van der Waals surface area contributed by atoms with Crippen LogP contribution in [0, 0.1) is 0 Å². The van der Waals surface area contributed by atoms with Crippen molar-refractivity contribution >= 4 is 8.80 Å². The fraction of sp³-hybridized carbons (Fsp3) is 1.00. The van der Waals surface area contributed by atoms with E-state index in [9.17, 15) is 0 Å². The van der Waals surface area contributed by atoms with Crippen LogP contribution in [0.1, 0.15) is 47.5 Å². The molecule has 0 fully saturated rings. The molecule has 0 aliphatic rings. The zero-order valence-corrected chi connectivity index (χ0v) is 14.5. The Morgan fingerprint density at radius 3 is 1.53 bits per heavy atom. The van der Waals surface area contributed by atoms with Crippen molar-refractivity contribution in [3.05, 3.63) is 0 Å². The first-order chi connectivity index (χ1) is 9.05. The normalized spacial score (nSPS) is 12.8. The average Bonchev–Trinajstić information content (AvgIpc) is 2.40. The van der Waals surface area contributed by atoms with Crippen LogP contribution in [0.25, 0.3) is 0 Å². The Bertz CT molecular complexity index is 151. The second kappa shape index (κ2) is 14.4. The standard InChI is InChI=1S/C9H22O3Si.C4H11NO/c1-5-9-13(10-6-2,11-7-3)12-8-4;1-3-4(6)5-2/h5-9H2,1-4H3;4-6H,3H2,1-2H3. The molecule has 0 bridgehead atoms. The van der Waals surface area contributed by atoms with Crippen molar-refractivity contribution in [2.75, 3.05) is 26.9 Å². The molecule has 1 atom stereocenters. The average molecular weight is 295 g/mol. The van der Waals surface area contributed by atoms with Crippen molar-refractivity contribution in [1.82, 2.24) is 5.32 Å². The molecular weight excluding hydrogens is 262 g/mol. The predicted molar refractivity (Wildman–Crippen MR) is 81.1 cm³/mol. The molecule has 0 aliphatic carbocycles. The van der Waals surface area contributed by atoms with Gasteiger partial charge in [0.2, 0.25) is 0 Å². The maximum absolute atomic E-state index is 8.56. The molecule has 2 N–H and O–H groups in total. The number of rotatable bonds is 10. The van der Waals surface area contributed by atoms with E-state index in [1.165, 1.54) is 0 Å². The zero-order chi connectivity index (χ0) is 15.1. The van der Waals surface area contributed by atoms with Gasteiger partial charge in [-0.1, -0.05) is 20.3 Å². The van der Waals surface area contributed by atoms with Gasteiger partial charge in [-0.2, -0.15) is 0 Å². The summed E-state index contributed by atoms with van der Waals surface area (Å²) in [5.41, 5.74) is 0. The molecule has 0 saturated carbocycles. The van der Waals surface area contributed by atoms with Gasteiger partial charge in [0, 0.05) is 25.9 Å². The van der Waals surface area contributed by atoms with Crippen LogP contribution in [0.4, 0.5) is 0 Å². The number of aliphatic hydroxyl groups is 1. The maximum atomic E-state index is 8.56. The van der Waals surface area contributed by atoms with Crippen LogP contribution in [-0.2, 0) is 13.3 Å². The van der Waals surface area contributed by atoms with Crippen LogP contribution in [0.2, 0.25) is 6.04 Å². The molecule has 0 aromatic heterocycles. The van der Waals surface area contributed by atoms with E-state index in [2.05, 4.69) is 12.2 Å². The van der Waals surface area contributed by atoms with Crippen LogP contribution in [-0.4, -0.2) is 47.0 Å². The largest absolute Gasteiger partial charge is 0.500 e. The Morgan fingerprint density at radius 2 is 1.37 bits per heavy atom. The molecule has 0 spiro atoms. The highest BCUT2D eigenvalue weighted by atomic mass is 28.4. The number of hydrogen-bond acceptors (Lipinski definition) is 5. The summed E-state index contributed by atoms with van der Waals surface area (Å²) < 4.78 is 16.9. The van der Waals surface area contributed by atoms with Gasteiger partial charge in [0.25, 0.3) is 0 Å². The summed E-state index contributed by atoms with van der Waals surface area (Å²) in [5, 5.41) is 11.2. The SMILES string of the molecule is CCC(O)NC.CCC[Si](OCC)(OCC)OCC. The lowest BCUT2D eigenvalue weighted by Gasteiger charge is -2.27. The van der Waals surface area contributed by atoms with Crippen LogP contribution in [0.15, 0.2) is 0 Å². The first-order valence-electron chi connectivity index (χ1n) is 7.32. The predicted octanol–water partition coefficient (Wildman–Crippen LogP) is 2.38. The summed E-state index contributed by atoms with van der Waals surface area (Å²) in [4.78, 5) is 0. The third-order valence-electron chi connectivity index (χ3n) is 2.37. The molecular formula is C13H33NO4Si. The summed E-state index contributed by atoms with van der Waals surface area (Å²) in [6, 6.07) is 0.919. The Balaban J connectivity index is 0. The summed E-state index contributed by atoms with van der Waals surface area (Å²) >= 11 is 0. The fourth-order valence-corrected chi connectivity index (χ4v) is 4.13. The molecule has 0 saturated heterocycles. The van der Waals surface area contributed by atoms with Gasteiger partial charge in [0.05, 0.1) is 0 Å². The quantitative estimate of drug-likeness (QED) is 0.479. The Labute approximate surface area is 120 Å². The Hall–Kier alpha value is 0.0169. The van der Waals surface area contributed by atoms with E-state index in [-0.39, 0.29) is 6.23 Å². The smallest absolute Gasteiger partial charge is 0.379 e. The summed E-state index contributed by atoms with van der Waals surface area (Å²) in [5.74, 6) is 0. The molecule has 0 rings (SSSR count). The van der Waals surface area contributed by atoms with Crippen molar-refractivity contribution in [1.29, 1.82) is 0 Å². The first-order valence-corrected chi connectivity index (χ1v) is 9.25. The van der Waals surface area contributed by atoms with E-state index in [1.807, 2.05) is 27.7 Å². The lowest BCUT2D eigenvalue weighted by molar-refractivity contribution is 0.0711. The monoisotopic (exact) mass is 295 g/mol. The van der Waals surface area contributed by atoms with Gasteiger partial charge in [0.1, 0.15) is 6.23 Å². The number of aliphatic hydroxyl groups excluding tert-OH is 1. The molecule has 0 aromatic carbocycles. The van der Waals surface area contributed by atoms with E-state index in [0.717, 1.165) is 18.9 Å². The van der Waals surface area contributed by atoms with Crippen molar-refractivity contribution < 1.29 is 18.4 Å². The first kappa shape index (κ1) is 21.3. The topological polar surface area (TPSA) is 60.0 Å². The van der Waals surface area contributed by atoms with E-state index in [4.69, 9.17) is 18.4 Å². The van der Waals surface area contributed by atoms with E-state index >= 15 is 0 Å². The minimum absolute atomic E-state index is 0.315. The van der Waals surface area contributed by atoms with Gasteiger partial charge in [-0.25, -0.2) is 0 Å². The minimum Gasteiger partial charge on any atom is -0.379 e. The van der Waals surface area contributed by atoms with Gasteiger partial charge in [-0.3, -0.25) is 5.32 Å². The second-order valence-electron chi connectivity index (χ2n) is 3.94. The third-order valence-corrected chi connectivity index (χ3v) is 5.67. The fourth-order valence-electron chi connectivity index (χ4n) is 1.51. The highest BCUT2D eigenvalue weighted by molar-refractivity contribution is 6.60. The molecule has 6 heteroatoms. The molecule has 0 radical (unpaired) electrons. The molecule has 0 aliphatic heterocycles. The van der Waals surface area contributed by atoms with Gasteiger partial charge < -0.3 is 18.4 Å². The molecule has 5 nitrogen and oxygen atoms in total. The van der Waals surface area contributed by atoms with Crippen LogP contribution < -0.4 is 5.32 Å². The van der Waals surface area contributed by atoms with Crippen LogP contribution in [0.3, 0.4) is 0 Å². The lowest BCUT2D eigenvalue weighted by Crippen LogP contribution is -2.45. The van der Waals surface area contributed by atoms with Crippen molar-refractivity contribution in [3.63, 3.8) is 0 Å². The molecule has 19 heavy (non-hydrogen) atoms. The molecule has 0 amide bonds. The van der Waals surface area contributed by atoms with Crippen LogP contribution >= 0.6 is 0 Å². The van der Waals surface area contributed by atoms with Crippen LogP contribution in [0.5, 0.6) is 0 Å². The van der Waals surface area contributed by atoms with E-state index in [0.29, 0.717) is 19.8 Å². The Morgan fingerprint density at radius 1 is 0.947 bits per heavy atom.